The van der Waals surface area contributed by atoms with E-state index in [1.54, 1.807) is 23.5 Å². The van der Waals surface area contributed by atoms with E-state index in [9.17, 15) is 5.11 Å². The third kappa shape index (κ3) is 2.53. The van der Waals surface area contributed by atoms with Crippen LogP contribution >= 0.6 is 11.3 Å². The molecule has 0 atom stereocenters. The fourth-order valence-corrected chi connectivity index (χ4v) is 2.22. The molecule has 4 heteroatoms. The highest BCUT2D eigenvalue weighted by atomic mass is 32.1. The van der Waals surface area contributed by atoms with Gasteiger partial charge < -0.3 is 16.2 Å². The van der Waals surface area contributed by atoms with Crippen LogP contribution in [0.15, 0.2) is 35.7 Å². The van der Waals surface area contributed by atoms with Gasteiger partial charge in [-0.2, -0.15) is 0 Å². The maximum atomic E-state index is 9.56. The maximum absolute atomic E-state index is 9.56. The zero-order valence-electron chi connectivity index (χ0n) is 8.81. The first-order valence-corrected chi connectivity index (χ1v) is 5.96. The molecule has 0 bridgehead atoms. The fourth-order valence-electron chi connectivity index (χ4n) is 1.45. The van der Waals surface area contributed by atoms with Crippen molar-refractivity contribution < 1.29 is 5.11 Å². The number of benzene rings is 1. The normalized spacial score (nSPS) is 10.3. The molecule has 0 fully saturated rings. The molecule has 0 saturated carbocycles. The van der Waals surface area contributed by atoms with E-state index in [1.165, 1.54) is 10.4 Å². The Labute approximate surface area is 98.5 Å². The van der Waals surface area contributed by atoms with Gasteiger partial charge in [0.25, 0.3) is 0 Å². The lowest BCUT2D eigenvalue weighted by molar-refractivity contribution is 0.477. The summed E-state index contributed by atoms with van der Waals surface area (Å²) in [5, 5.41) is 14.8. The van der Waals surface area contributed by atoms with Gasteiger partial charge in [-0.05, 0) is 29.1 Å². The summed E-state index contributed by atoms with van der Waals surface area (Å²) in [5.74, 6) is 0.275. The molecular formula is C12H14N2OS. The Bertz CT molecular complexity index is 468. The standard InChI is InChI=1S/C12H14N2OS/c13-6-10-5-9(8-16-10)7-14-11-3-1-2-4-12(11)15/h1-5,8,14-15H,6-7,13H2. The van der Waals surface area contributed by atoms with Crippen LogP contribution in [-0.2, 0) is 13.1 Å². The quantitative estimate of drug-likeness (QED) is 0.712. The van der Waals surface area contributed by atoms with Crippen LogP contribution in [-0.4, -0.2) is 5.11 Å². The molecule has 1 heterocycles. The number of rotatable bonds is 4. The van der Waals surface area contributed by atoms with Gasteiger partial charge in [0.2, 0.25) is 0 Å². The van der Waals surface area contributed by atoms with E-state index in [2.05, 4.69) is 16.8 Å². The lowest BCUT2D eigenvalue weighted by Crippen LogP contribution is -1.98. The van der Waals surface area contributed by atoms with Crippen molar-refractivity contribution in [2.24, 2.45) is 5.73 Å². The first-order valence-electron chi connectivity index (χ1n) is 5.08. The molecule has 0 aliphatic heterocycles. The molecule has 0 amide bonds. The number of hydrogen-bond donors (Lipinski definition) is 3. The largest absolute Gasteiger partial charge is 0.506 e. The van der Waals surface area contributed by atoms with Crippen molar-refractivity contribution in [3.8, 4) is 5.75 Å². The van der Waals surface area contributed by atoms with Crippen LogP contribution < -0.4 is 11.1 Å². The fraction of sp³-hybridized carbons (Fsp3) is 0.167. The number of para-hydroxylation sites is 2. The molecule has 0 aliphatic carbocycles. The lowest BCUT2D eigenvalue weighted by Gasteiger charge is -2.06. The zero-order valence-corrected chi connectivity index (χ0v) is 9.63. The number of thiophene rings is 1. The van der Waals surface area contributed by atoms with Gasteiger partial charge in [0.15, 0.2) is 0 Å². The predicted molar refractivity (Wildman–Crippen MR) is 67.6 cm³/mol. The number of nitrogens with two attached hydrogens (primary N) is 1. The minimum absolute atomic E-state index is 0.275. The molecular weight excluding hydrogens is 220 g/mol. The highest BCUT2D eigenvalue weighted by Gasteiger charge is 2.01. The SMILES string of the molecule is NCc1cc(CNc2ccccc2O)cs1. The third-order valence-electron chi connectivity index (χ3n) is 2.30. The average Bonchev–Trinajstić information content (AvgIpc) is 2.76. The second-order valence-corrected chi connectivity index (χ2v) is 4.49. The van der Waals surface area contributed by atoms with Gasteiger partial charge in [0, 0.05) is 18.0 Å². The Morgan fingerprint density at radius 1 is 1.31 bits per heavy atom. The van der Waals surface area contributed by atoms with Gasteiger partial charge in [-0.3, -0.25) is 0 Å². The van der Waals surface area contributed by atoms with E-state index >= 15 is 0 Å². The molecule has 0 aliphatic rings. The number of phenols is 1. The van der Waals surface area contributed by atoms with Gasteiger partial charge in [-0.1, -0.05) is 12.1 Å². The van der Waals surface area contributed by atoms with Crippen molar-refractivity contribution in [1.82, 2.24) is 0 Å². The molecule has 2 rings (SSSR count). The summed E-state index contributed by atoms with van der Waals surface area (Å²) in [5.41, 5.74) is 7.49. The van der Waals surface area contributed by atoms with Crippen molar-refractivity contribution in [2.75, 3.05) is 5.32 Å². The predicted octanol–water partition coefficient (Wildman–Crippen LogP) is 2.52. The van der Waals surface area contributed by atoms with E-state index in [4.69, 9.17) is 5.73 Å². The van der Waals surface area contributed by atoms with Gasteiger partial charge in [0.05, 0.1) is 5.69 Å². The Morgan fingerprint density at radius 3 is 2.81 bits per heavy atom. The topological polar surface area (TPSA) is 58.3 Å². The molecule has 3 nitrogen and oxygen atoms in total. The first-order chi connectivity index (χ1) is 7.79. The molecule has 1 aromatic carbocycles. The second-order valence-electron chi connectivity index (χ2n) is 3.50. The molecule has 2 aromatic rings. The third-order valence-corrected chi connectivity index (χ3v) is 3.30. The Morgan fingerprint density at radius 2 is 2.12 bits per heavy atom. The first kappa shape index (κ1) is 11.0. The number of nitrogens with one attached hydrogen (secondary N) is 1. The monoisotopic (exact) mass is 234 g/mol. The molecule has 0 radical (unpaired) electrons. The van der Waals surface area contributed by atoms with Gasteiger partial charge >= 0.3 is 0 Å². The van der Waals surface area contributed by atoms with Gasteiger partial charge in [0.1, 0.15) is 5.75 Å². The van der Waals surface area contributed by atoms with Crippen LogP contribution in [0.4, 0.5) is 5.69 Å². The van der Waals surface area contributed by atoms with Crippen molar-refractivity contribution in [2.45, 2.75) is 13.1 Å². The molecule has 84 valence electrons. The smallest absolute Gasteiger partial charge is 0.138 e. The molecule has 1 aromatic heterocycles. The van der Waals surface area contributed by atoms with Crippen molar-refractivity contribution in [3.63, 3.8) is 0 Å². The van der Waals surface area contributed by atoms with Gasteiger partial charge in [-0.25, -0.2) is 0 Å². The van der Waals surface area contributed by atoms with Crippen LogP contribution in [0.25, 0.3) is 0 Å². The van der Waals surface area contributed by atoms with Crippen molar-refractivity contribution in [1.29, 1.82) is 0 Å². The zero-order chi connectivity index (χ0) is 11.4. The number of anilines is 1. The minimum atomic E-state index is 0.275. The van der Waals surface area contributed by atoms with Crippen molar-refractivity contribution in [3.05, 3.63) is 46.2 Å². The summed E-state index contributed by atoms with van der Waals surface area (Å²) >= 11 is 1.66. The summed E-state index contributed by atoms with van der Waals surface area (Å²) in [6.07, 6.45) is 0. The Kier molecular flexibility index (Phi) is 3.44. The number of phenolic OH excluding ortho intramolecular Hbond substituents is 1. The van der Waals surface area contributed by atoms with Gasteiger partial charge in [-0.15, -0.1) is 11.3 Å². The number of hydrogen-bond acceptors (Lipinski definition) is 4. The maximum Gasteiger partial charge on any atom is 0.138 e. The van der Waals surface area contributed by atoms with Crippen LogP contribution in [0.1, 0.15) is 10.4 Å². The molecule has 16 heavy (non-hydrogen) atoms. The van der Waals surface area contributed by atoms with E-state index in [1.807, 2.05) is 12.1 Å². The summed E-state index contributed by atoms with van der Waals surface area (Å²) in [4.78, 5) is 1.18. The lowest BCUT2D eigenvalue weighted by atomic mass is 10.2. The van der Waals surface area contributed by atoms with Crippen LogP contribution in [0.5, 0.6) is 5.75 Å². The van der Waals surface area contributed by atoms with E-state index in [0.717, 1.165) is 5.69 Å². The highest BCUT2D eigenvalue weighted by molar-refractivity contribution is 7.10. The number of aromatic hydroxyl groups is 1. The minimum Gasteiger partial charge on any atom is -0.506 e. The average molecular weight is 234 g/mol. The Balaban J connectivity index is 1.99. The van der Waals surface area contributed by atoms with Crippen molar-refractivity contribution >= 4 is 17.0 Å². The molecule has 0 unspecified atom stereocenters. The summed E-state index contributed by atoms with van der Waals surface area (Å²) in [6, 6.07) is 9.29. The molecule has 0 saturated heterocycles. The summed E-state index contributed by atoms with van der Waals surface area (Å²) in [6.45, 7) is 1.29. The summed E-state index contributed by atoms with van der Waals surface area (Å²) < 4.78 is 0. The second kappa shape index (κ2) is 5.01. The van der Waals surface area contributed by atoms with E-state index in [0.29, 0.717) is 13.1 Å². The van der Waals surface area contributed by atoms with Crippen LogP contribution in [0.2, 0.25) is 0 Å². The van der Waals surface area contributed by atoms with E-state index in [-0.39, 0.29) is 5.75 Å². The summed E-state index contributed by atoms with van der Waals surface area (Å²) in [7, 11) is 0. The molecule has 4 N–H and O–H groups in total. The Hall–Kier alpha value is -1.52. The molecule has 0 spiro atoms. The van der Waals surface area contributed by atoms with E-state index < -0.39 is 0 Å². The van der Waals surface area contributed by atoms with Crippen LogP contribution in [0, 0.1) is 0 Å². The highest BCUT2D eigenvalue weighted by Crippen LogP contribution is 2.23. The van der Waals surface area contributed by atoms with Crippen LogP contribution in [0.3, 0.4) is 0 Å².